The van der Waals surface area contributed by atoms with Gasteiger partial charge in [-0.3, -0.25) is 9.59 Å². The molecule has 1 amide bonds. The third-order valence-electron chi connectivity index (χ3n) is 4.55. The van der Waals surface area contributed by atoms with Crippen LogP contribution in [0.3, 0.4) is 0 Å². The summed E-state index contributed by atoms with van der Waals surface area (Å²) in [6.45, 7) is 0.715. The fourth-order valence-corrected chi connectivity index (χ4v) is 3.14. The second-order valence-corrected chi connectivity index (χ2v) is 6.37. The number of hydrogen-bond donors (Lipinski definition) is 0. The highest BCUT2D eigenvalue weighted by molar-refractivity contribution is 5.92. The SMILES string of the molecule is Cn1nc(C(=O)N2CCCCC[C@@H]2/C=C/c2ccccc2)ccc1=O. The maximum absolute atomic E-state index is 13.0. The zero-order valence-electron chi connectivity index (χ0n) is 14.5. The molecule has 5 nitrogen and oxygen atoms in total. The lowest BCUT2D eigenvalue weighted by Gasteiger charge is -2.27. The van der Waals surface area contributed by atoms with Gasteiger partial charge in [0.2, 0.25) is 0 Å². The molecule has 2 heterocycles. The fraction of sp³-hybridized carbons (Fsp3) is 0.350. The van der Waals surface area contributed by atoms with Crippen molar-refractivity contribution in [2.75, 3.05) is 6.54 Å². The molecule has 1 fully saturated rings. The van der Waals surface area contributed by atoms with Crippen LogP contribution in [0.15, 0.2) is 53.3 Å². The fourth-order valence-electron chi connectivity index (χ4n) is 3.14. The van der Waals surface area contributed by atoms with Gasteiger partial charge in [-0.1, -0.05) is 55.3 Å². The average Bonchev–Trinajstić information content (AvgIpc) is 2.88. The highest BCUT2D eigenvalue weighted by Gasteiger charge is 2.25. The van der Waals surface area contributed by atoms with Crippen LogP contribution in [0, 0.1) is 0 Å². The van der Waals surface area contributed by atoms with Crippen molar-refractivity contribution >= 4 is 12.0 Å². The Morgan fingerprint density at radius 2 is 1.92 bits per heavy atom. The molecule has 0 saturated carbocycles. The summed E-state index contributed by atoms with van der Waals surface area (Å²) in [4.78, 5) is 26.4. The summed E-state index contributed by atoms with van der Waals surface area (Å²) in [5.41, 5.74) is 1.23. The number of benzene rings is 1. The van der Waals surface area contributed by atoms with Crippen molar-refractivity contribution in [2.45, 2.75) is 31.7 Å². The summed E-state index contributed by atoms with van der Waals surface area (Å²) in [7, 11) is 1.56. The minimum atomic E-state index is -0.215. The lowest BCUT2D eigenvalue weighted by Crippen LogP contribution is -2.40. The first-order chi connectivity index (χ1) is 12.1. The number of hydrogen-bond acceptors (Lipinski definition) is 3. The molecule has 1 saturated heterocycles. The van der Waals surface area contributed by atoms with Crippen molar-refractivity contribution in [2.24, 2.45) is 7.05 Å². The second-order valence-electron chi connectivity index (χ2n) is 6.37. The molecule has 1 aliphatic rings. The van der Waals surface area contributed by atoms with E-state index < -0.39 is 0 Å². The third kappa shape index (κ3) is 4.24. The Morgan fingerprint density at radius 1 is 1.12 bits per heavy atom. The number of aromatic nitrogens is 2. The Labute approximate surface area is 147 Å². The summed E-state index contributed by atoms with van der Waals surface area (Å²) >= 11 is 0. The predicted octanol–water partition coefficient (Wildman–Crippen LogP) is 2.88. The number of nitrogens with zero attached hydrogens (tertiary/aromatic N) is 3. The Kier molecular flexibility index (Phi) is 5.43. The van der Waals surface area contributed by atoms with E-state index in [1.165, 1.54) is 16.8 Å². The van der Waals surface area contributed by atoms with Crippen LogP contribution in [0.25, 0.3) is 6.08 Å². The number of likely N-dealkylation sites (tertiary alicyclic amines) is 1. The number of amides is 1. The molecule has 1 atom stereocenters. The van der Waals surface area contributed by atoms with Gasteiger partial charge < -0.3 is 4.90 Å². The van der Waals surface area contributed by atoms with Crippen molar-refractivity contribution in [3.8, 4) is 0 Å². The summed E-state index contributed by atoms with van der Waals surface area (Å²) in [6, 6.07) is 13.1. The van der Waals surface area contributed by atoms with Gasteiger partial charge in [0.05, 0.1) is 6.04 Å². The zero-order valence-corrected chi connectivity index (χ0v) is 14.5. The highest BCUT2D eigenvalue weighted by atomic mass is 16.2. The van der Waals surface area contributed by atoms with E-state index in [1.807, 2.05) is 35.2 Å². The van der Waals surface area contributed by atoms with E-state index in [9.17, 15) is 9.59 Å². The van der Waals surface area contributed by atoms with Crippen molar-refractivity contribution in [1.82, 2.24) is 14.7 Å². The van der Waals surface area contributed by atoms with E-state index in [0.717, 1.165) is 31.2 Å². The third-order valence-corrected chi connectivity index (χ3v) is 4.55. The first kappa shape index (κ1) is 17.1. The minimum absolute atomic E-state index is 0.0502. The molecular weight excluding hydrogens is 314 g/mol. The van der Waals surface area contributed by atoms with Crippen LogP contribution in [0.1, 0.15) is 41.7 Å². The standard InChI is InChI=1S/C20H23N3O2/c1-22-19(24)14-13-18(21-22)20(25)23-15-7-3-6-10-17(23)12-11-16-8-4-2-5-9-16/h2,4-5,8-9,11-14,17H,3,6-7,10,15H2,1H3/b12-11+/t17-/m1/s1. The van der Waals surface area contributed by atoms with Crippen molar-refractivity contribution in [1.29, 1.82) is 0 Å². The van der Waals surface area contributed by atoms with E-state index in [1.54, 1.807) is 7.05 Å². The summed E-state index contributed by atoms with van der Waals surface area (Å²) in [5.74, 6) is -0.111. The largest absolute Gasteiger partial charge is 0.331 e. The van der Waals surface area contributed by atoms with E-state index >= 15 is 0 Å². The molecule has 1 aromatic heterocycles. The number of carbonyl (C=O) groups is 1. The van der Waals surface area contributed by atoms with Gasteiger partial charge in [0.25, 0.3) is 11.5 Å². The van der Waals surface area contributed by atoms with Gasteiger partial charge in [-0.2, -0.15) is 5.10 Å². The molecular formula is C20H23N3O2. The van der Waals surface area contributed by atoms with Crippen LogP contribution in [-0.4, -0.2) is 33.2 Å². The van der Waals surface area contributed by atoms with Gasteiger partial charge in [-0.05, 0) is 24.5 Å². The topological polar surface area (TPSA) is 55.2 Å². The second kappa shape index (κ2) is 7.92. The van der Waals surface area contributed by atoms with Gasteiger partial charge in [0.15, 0.2) is 0 Å². The Bertz CT molecular complexity index is 811. The van der Waals surface area contributed by atoms with E-state index in [0.29, 0.717) is 12.2 Å². The van der Waals surface area contributed by atoms with Gasteiger partial charge >= 0.3 is 0 Å². The van der Waals surface area contributed by atoms with Crippen molar-refractivity contribution in [3.63, 3.8) is 0 Å². The quantitative estimate of drug-likeness (QED) is 0.865. The van der Waals surface area contributed by atoms with Crippen molar-refractivity contribution in [3.05, 3.63) is 70.2 Å². The summed E-state index contributed by atoms with van der Waals surface area (Å²) in [6.07, 6.45) is 8.35. The summed E-state index contributed by atoms with van der Waals surface area (Å²) < 4.78 is 1.21. The Balaban J connectivity index is 1.84. The summed E-state index contributed by atoms with van der Waals surface area (Å²) in [5, 5.41) is 4.12. The monoisotopic (exact) mass is 337 g/mol. The molecule has 0 spiro atoms. The lowest BCUT2D eigenvalue weighted by molar-refractivity contribution is 0.0710. The number of carbonyl (C=O) groups excluding carboxylic acids is 1. The molecule has 5 heteroatoms. The minimum Gasteiger partial charge on any atom is -0.331 e. The van der Waals surface area contributed by atoms with Crippen LogP contribution in [0.4, 0.5) is 0 Å². The number of rotatable bonds is 3. The molecule has 3 rings (SSSR count). The van der Waals surface area contributed by atoms with Gasteiger partial charge in [0.1, 0.15) is 5.69 Å². The zero-order chi connectivity index (χ0) is 17.6. The van der Waals surface area contributed by atoms with Gasteiger partial charge in [-0.15, -0.1) is 0 Å². The molecule has 1 aromatic carbocycles. The molecule has 0 unspecified atom stereocenters. The molecule has 0 aliphatic carbocycles. The van der Waals surface area contributed by atoms with Crippen LogP contribution >= 0.6 is 0 Å². The highest BCUT2D eigenvalue weighted by Crippen LogP contribution is 2.20. The predicted molar refractivity (Wildman–Crippen MR) is 98.2 cm³/mol. The molecule has 130 valence electrons. The van der Waals surface area contributed by atoms with Crippen LogP contribution in [0.2, 0.25) is 0 Å². The Hall–Kier alpha value is -2.69. The average molecular weight is 337 g/mol. The van der Waals surface area contributed by atoms with Crippen LogP contribution in [-0.2, 0) is 7.05 Å². The van der Waals surface area contributed by atoms with Crippen molar-refractivity contribution < 1.29 is 4.79 Å². The first-order valence-electron chi connectivity index (χ1n) is 8.74. The molecule has 2 aromatic rings. The molecule has 1 aliphatic heterocycles. The smallest absolute Gasteiger partial charge is 0.274 e. The molecule has 25 heavy (non-hydrogen) atoms. The molecule has 0 radical (unpaired) electrons. The van der Waals surface area contributed by atoms with Crippen LogP contribution in [0.5, 0.6) is 0 Å². The normalized spacial score (nSPS) is 18.3. The van der Waals surface area contributed by atoms with E-state index in [-0.39, 0.29) is 17.5 Å². The lowest BCUT2D eigenvalue weighted by atomic mass is 10.1. The Morgan fingerprint density at radius 3 is 2.68 bits per heavy atom. The van der Waals surface area contributed by atoms with Gasteiger partial charge in [-0.25, -0.2) is 4.68 Å². The maximum atomic E-state index is 13.0. The first-order valence-corrected chi connectivity index (χ1v) is 8.74. The number of aryl methyl sites for hydroxylation is 1. The van der Waals surface area contributed by atoms with Gasteiger partial charge in [0, 0.05) is 19.7 Å². The van der Waals surface area contributed by atoms with E-state index in [4.69, 9.17) is 0 Å². The van der Waals surface area contributed by atoms with Crippen LogP contribution < -0.4 is 5.56 Å². The molecule has 0 bridgehead atoms. The maximum Gasteiger partial charge on any atom is 0.274 e. The molecule has 0 N–H and O–H groups in total. The van der Waals surface area contributed by atoms with E-state index in [2.05, 4.69) is 17.3 Å².